The van der Waals surface area contributed by atoms with Crippen LogP contribution in [0.2, 0.25) is 0 Å². The lowest BCUT2D eigenvalue weighted by Gasteiger charge is -2.05. The highest BCUT2D eigenvalue weighted by molar-refractivity contribution is 5.90. The number of aliphatic hydroxyl groups excluding tert-OH is 1. The second-order valence-electron chi connectivity index (χ2n) is 2.74. The van der Waals surface area contributed by atoms with Crippen LogP contribution in [0.5, 0.6) is 0 Å². The van der Waals surface area contributed by atoms with E-state index < -0.39 is 18.1 Å². The van der Waals surface area contributed by atoms with Crippen molar-refractivity contribution in [2.24, 2.45) is 5.73 Å². The first-order valence-corrected chi connectivity index (χ1v) is 3.73. The molecule has 13 heavy (non-hydrogen) atoms. The minimum Gasteiger partial charge on any atom is -0.478 e. The van der Waals surface area contributed by atoms with Crippen LogP contribution in [0, 0.1) is 0 Å². The fourth-order valence-electron chi connectivity index (χ4n) is 1.31. The number of carbonyl (C=O) groups is 2. The molecule has 1 aliphatic rings. The van der Waals surface area contributed by atoms with Crippen molar-refractivity contribution in [1.82, 2.24) is 5.32 Å². The summed E-state index contributed by atoms with van der Waals surface area (Å²) < 4.78 is 0. The lowest BCUT2D eigenvalue weighted by Crippen LogP contribution is -2.30. The number of aliphatic hydroxyl groups is 1. The van der Waals surface area contributed by atoms with E-state index in [9.17, 15) is 14.7 Å². The zero-order valence-electron chi connectivity index (χ0n) is 6.78. The molecule has 5 N–H and O–H groups in total. The van der Waals surface area contributed by atoms with E-state index in [1.807, 2.05) is 0 Å². The van der Waals surface area contributed by atoms with Gasteiger partial charge >= 0.3 is 12.0 Å². The Hall–Kier alpha value is -1.56. The van der Waals surface area contributed by atoms with Crippen molar-refractivity contribution in [3.63, 3.8) is 0 Å². The highest BCUT2D eigenvalue weighted by Gasteiger charge is 2.29. The van der Waals surface area contributed by atoms with Gasteiger partial charge in [0.1, 0.15) is 0 Å². The summed E-state index contributed by atoms with van der Waals surface area (Å²) in [6.45, 7) is 0. The molecule has 1 unspecified atom stereocenters. The number of carboxylic acids is 1. The standard InChI is InChI=1S/C7H10N2O4/c8-7(13)9-3-1-2-4(10)5(3)6(11)12/h4,10H,1-2H2,(H,11,12)(H3,8,9,13). The molecule has 0 aliphatic heterocycles. The van der Waals surface area contributed by atoms with Gasteiger partial charge in [-0.1, -0.05) is 0 Å². The molecule has 1 atom stereocenters. The maximum absolute atomic E-state index is 10.6. The number of carboxylic acid groups (broad SMARTS) is 1. The topological polar surface area (TPSA) is 113 Å². The third kappa shape index (κ3) is 1.97. The summed E-state index contributed by atoms with van der Waals surface area (Å²) >= 11 is 0. The Morgan fingerprint density at radius 3 is 2.62 bits per heavy atom. The van der Waals surface area contributed by atoms with Crippen molar-refractivity contribution in [1.29, 1.82) is 0 Å². The Morgan fingerprint density at radius 1 is 1.54 bits per heavy atom. The number of amides is 2. The summed E-state index contributed by atoms with van der Waals surface area (Å²) in [5.74, 6) is -1.23. The Balaban J connectivity index is 2.89. The van der Waals surface area contributed by atoms with E-state index in [0.29, 0.717) is 12.8 Å². The maximum atomic E-state index is 10.6. The number of allylic oxidation sites excluding steroid dienone is 1. The average Bonchev–Trinajstić information content (AvgIpc) is 2.30. The van der Waals surface area contributed by atoms with Gasteiger partial charge in [-0.25, -0.2) is 9.59 Å². The van der Waals surface area contributed by atoms with E-state index >= 15 is 0 Å². The van der Waals surface area contributed by atoms with Gasteiger partial charge < -0.3 is 21.3 Å². The minimum atomic E-state index is -1.23. The predicted octanol–water partition coefficient (Wildman–Crippen LogP) is -0.852. The molecule has 0 saturated carbocycles. The Labute approximate surface area is 74.0 Å². The zero-order chi connectivity index (χ0) is 10.0. The van der Waals surface area contributed by atoms with Gasteiger partial charge in [-0.3, -0.25) is 0 Å². The van der Waals surface area contributed by atoms with Crippen molar-refractivity contribution >= 4 is 12.0 Å². The van der Waals surface area contributed by atoms with Gasteiger partial charge in [-0.05, 0) is 12.8 Å². The van der Waals surface area contributed by atoms with Crippen LogP contribution in [0.15, 0.2) is 11.3 Å². The molecule has 0 radical (unpaired) electrons. The van der Waals surface area contributed by atoms with Gasteiger partial charge in [-0.2, -0.15) is 0 Å². The SMILES string of the molecule is NC(=O)NC1=C(C(=O)O)C(O)CC1. The van der Waals surface area contributed by atoms with Crippen LogP contribution in [0.3, 0.4) is 0 Å². The van der Waals surface area contributed by atoms with Crippen LogP contribution in [-0.2, 0) is 4.79 Å². The molecule has 0 saturated heterocycles. The maximum Gasteiger partial charge on any atom is 0.335 e. The molecule has 0 fully saturated rings. The van der Waals surface area contributed by atoms with E-state index in [4.69, 9.17) is 10.8 Å². The Kier molecular flexibility index (Phi) is 2.52. The van der Waals surface area contributed by atoms with Crippen LogP contribution < -0.4 is 11.1 Å². The van der Waals surface area contributed by atoms with E-state index in [1.54, 1.807) is 0 Å². The fraction of sp³-hybridized carbons (Fsp3) is 0.429. The van der Waals surface area contributed by atoms with Gasteiger partial charge in [0.05, 0.1) is 11.7 Å². The smallest absolute Gasteiger partial charge is 0.335 e. The minimum absolute atomic E-state index is 0.168. The lowest BCUT2D eigenvalue weighted by atomic mass is 10.2. The van der Waals surface area contributed by atoms with Gasteiger partial charge in [-0.15, -0.1) is 0 Å². The summed E-state index contributed by atoms with van der Waals surface area (Å²) in [4.78, 5) is 21.0. The molecule has 0 aromatic rings. The molecule has 6 heteroatoms. The number of aliphatic carboxylic acids is 1. The fourth-order valence-corrected chi connectivity index (χ4v) is 1.31. The van der Waals surface area contributed by atoms with Gasteiger partial charge in [0.2, 0.25) is 0 Å². The summed E-state index contributed by atoms with van der Waals surface area (Å²) in [5, 5.41) is 20.1. The molecule has 0 aromatic heterocycles. The van der Waals surface area contributed by atoms with Crippen molar-refractivity contribution in [3.05, 3.63) is 11.3 Å². The number of hydrogen-bond acceptors (Lipinski definition) is 3. The zero-order valence-corrected chi connectivity index (χ0v) is 6.78. The largest absolute Gasteiger partial charge is 0.478 e. The number of hydrogen-bond donors (Lipinski definition) is 4. The molecule has 72 valence electrons. The third-order valence-corrected chi connectivity index (χ3v) is 1.83. The second kappa shape index (κ2) is 3.44. The van der Waals surface area contributed by atoms with E-state index in [1.165, 1.54) is 0 Å². The van der Waals surface area contributed by atoms with Gasteiger partial charge in [0.15, 0.2) is 0 Å². The van der Waals surface area contributed by atoms with E-state index in [2.05, 4.69) is 5.32 Å². The van der Waals surface area contributed by atoms with Gasteiger partial charge in [0.25, 0.3) is 0 Å². The Morgan fingerprint density at radius 2 is 2.15 bits per heavy atom. The highest BCUT2D eigenvalue weighted by atomic mass is 16.4. The molecular formula is C7H10N2O4. The van der Waals surface area contributed by atoms with E-state index in [0.717, 1.165) is 0 Å². The van der Waals surface area contributed by atoms with Crippen LogP contribution >= 0.6 is 0 Å². The van der Waals surface area contributed by atoms with Crippen LogP contribution in [-0.4, -0.2) is 28.3 Å². The summed E-state index contributed by atoms with van der Waals surface area (Å²) in [6.07, 6.45) is -0.387. The predicted molar refractivity (Wildman–Crippen MR) is 42.6 cm³/mol. The number of rotatable bonds is 2. The number of urea groups is 1. The summed E-state index contributed by atoms with van der Waals surface area (Å²) in [7, 11) is 0. The van der Waals surface area contributed by atoms with Crippen molar-refractivity contribution in [2.45, 2.75) is 18.9 Å². The van der Waals surface area contributed by atoms with Crippen molar-refractivity contribution < 1.29 is 19.8 Å². The normalized spacial score (nSPS) is 21.8. The monoisotopic (exact) mass is 186 g/mol. The quantitative estimate of drug-likeness (QED) is 0.449. The molecule has 6 nitrogen and oxygen atoms in total. The third-order valence-electron chi connectivity index (χ3n) is 1.83. The highest BCUT2D eigenvalue weighted by Crippen LogP contribution is 2.24. The molecule has 2 amide bonds. The molecule has 0 spiro atoms. The van der Waals surface area contributed by atoms with Crippen LogP contribution in [0.25, 0.3) is 0 Å². The first-order valence-electron chi connectivity index (χ1n) is 3.73. The Bertz CT molecular complexity index is 284. The molecular weight excluding hydrogens is 176 g/mol. The second-order valence-corrected chi connectivity index (χ2v) is 2.74. The van der Waals surface area contributed by atoms with Crippen LogP contribution in [0.1, 0.15) is 12.8 Å². The van der Waals surface area contributed by atoms with Gasteiger partial charge in [0, 0.05) is 5.70 Å². The number of nitrogens with one attached hydrogen (secondary N) is 1. The molecule has 0 bridgehead atoms. The van der Waals surface area contributed by atoms with Crippen molar-refractivity contribution in [3.8, 4) is 0 Å². The lowest BCUT2D eigenvalue weighted by molar-refractivity contribution is -0.133. The average molecular weight is 186 g/mol. The van der Waals surface area contributed by atoms with E-state index in [-0.39, 0.29) is 11.3 Å². The molecule has 0 heterocycles. The molecule has 1 rings (SSSR count). The molecule has 1 aliphatic carbocycles. The number of carbonyl (C=O) groups excluding carboxylic acids is 1. The number of nitrogens with two attached hydrogens (primary N) is 1. The first-order chi connectivity index (χ1) is 6.02. The van der Waals surface area contributed by atoms with Crippen LogP contribution in [0.4, 0.5) is 4.79 Å². The summed E-state index contributed by atoms with van der Waals surface area (Å²) in [5.41, 5.74) is 4.85. The number of primary amides is 1. The first kappa shape index (κ1) is 9.53. The van der Waals surface area contributed by atoms with Crippen molar-refractivity contribution in [2.75, 3.05) is 0 Å². The molecule has 0 aromatic carbocycles. The summed E-state index contributed by atoms with van der Waals surface area (Å²) in [6, 6.07) is -0.817.